The van der Waals surface area contributed by atoms with Gasteiger partial charge < -0.3 is 5.32 Å². The first-order chi connectivity index (χ1) is 7.77. The van der Waals surface area contributed by atoms with Crippen molar-refractivity contribution in [2.75, 3.05) is 6.54 Å². The number of hydrogen-bond donors (Lipinski definition) is 1. The molecule has 1 fully saturated rings. The van der Waals surface area contributed by atoms with Crippen molar-refractivity contribution >= 4 is 22.9 Å². The van der Waals surface area contributed by atoms with Crippen LogP contribution in [0.5, 0.6) is 0 Å². The van der Waals surface area contributed by atoms with Crippen LogP contribution in [0.25, 0.3) is 0 Å². The summed E-state index contributed by atoms with van der Waals surface area (Å²) in [4.78, 5) is 1.43. The Balaban J connectivity index is 2.25. The lowest BCUT2D eigenvalue weighted by atomic mass is 9.87. The summed E-state index contributed by atoms with van der Waals surface area (Å²) in [5.74, 6) is 0. The van der Waals surface area contributed by atoms with Crippen LogP contribution < -0.4 is 5.32 Å². The van der Waals surface area contributed by atoms with Gasteiger partial charge in [0.1, 0.15) is 0 Å². The fourth-order valence-corrected chi connectivity index (χ4v) is 3.96. The van der Waals surface area contributed by atoms with Crippen molar-refractivity contribution in [3.8, 4) is 0 Å². The minimum Gasteiger partial charge on any atom is -0.307 e. The van der Waals surface area contributed by atoms with Crippen LogP contribution in [0.15, 0.2) is 12.1 Å². The summed E-state index contributed by atoms with van der Waals surface area (Å²) in [5, 5.41) is 3.78. The number of nitrogens with one attached hydrogen (secondary N) is 1. The molecule has 1 saturated heterocycles. The highest BCUT2D eigenvalue weighted by Gasteiger charge is 2.32. The minimum absolute atomic E-state index is 0.211. The van der Waals surface area contributed by atoms with Gasteiger partial charge >= 0.3 is 0 Å². The maximum atomic E-state index is 6.07. The molecular formula is C13H20ClNS. The molecule has 0 amide bonds. The second-order valence-corrected chi connectivity index (χ2v) is 6.39. The van der Waals surface area contributed by atoms with Crippen molar-refractivity contribution in [2.24, 2.45) is 0 Å². The third kappa shape index (κ3) is 2.61. The average molecular weight is 258 g/mol. The molecule has 1 nitrogen and oxygen atoms in total. The van der Waals surface area contributed by atoms with E-state index in [9.17, 15) is 0 Å². The van der Waals surface area contributed by atoms with E-state index in [2.05, 4.69) is 18.3 Å². The van der Waals surface area contributed by atoms with Crippen LogP contribution in [0.1, 0.15) is 50.3 Å². The maximum Gasteiger partial charge on any atom is 0.0931 e. The van der Waals surface area contributed by atoms with E-state index in [4.69, 9.17) is 11.6 Å². The lowest BCUT2D eigenvalue weighted by Gasteiger charge is -2.32. The summed E-state index contributed by atoms with van der Waals surface area (Å²) < 4.78 is 0.913. The van der Waals surface area contributed by atoms with Crippen molar-refractivity contribution in [1.29, 1.82) is 0 Å². The first-order valence-corrected chi connectivity index (χ1v) is 7.47. The predicted molar refractivity (Wildman–Crippen MR) is 72.4 cm³/mol. The van der Waals surface area contributed by atoms with E-state index < -0.39 is 0 Å². The highest BCUT2D eigenvalue weighted by Crippen LogP contribution is 2.39. The van der Waals surface area contributed by atoms with Gasteiger partial charge in [0.2, 0.25) is 0 Å². The van der Waals surface area contributed by atoms with E-state index >= 15 is 0 Å². The van der Waals surface area contributed by atoms with Crippen molar-refractivity contribution in [2.45, 2.75) is 51.0 Å². The van der Waals surface area contributed by atoms with Gasteiger partial charge in [0.25, 0.3) is 0 Å². The molecule has 1 atom stereocenters. The predicted octanol–water partition coefficient (Wildman–Crippen LogP) is 4.56. The van der Waals surface area contributed by atoms with Crippen LogP contribution in [-0.4, -0.2) is 6.54 Å². The molecule has 1 aliphatic heterocycles. The van der Waals surface area contributed by atoms with Crippen molar-refractivity contribution < 1.29 is 0 Å². The lowest BCUT2D eigenvalue weighted by molar-refractivity contribution is 0.303. The maximum absolute atomic E-state index is 6.07. The molecule has 90 valence electrons. The van der Waals surface area contributed by atoms with Crippen molar-refractivity contribution in [1.82, 2.24) is 5.32 Å². The SMILES string of the molecule is CCCC1(c2ccc(Cl)s2)CCCCCN1. The summed E-state index contributed by atoms with van der Waals surface area (Å²) in [6.07, 6.45) is 7.72. The highest BCUT2D eigenvalue weighted by atomic mass is 35.5. The Morgan fingerprint density at radius 2 is 2.25 bits per heavy atom. The molecule has 1 aliphatic rings. The molecular weight excluding hydrogens is 238 g/mol. The van der Waals surface area contributed by atoms with Crippen LogP contribution in [-0.2, 0) is 5.54 Å². The molecule has 16 heavy (non-hydrogen) atoms. The molecule has 0 bridgehead atoms. The Morgan fingerprint density at radius 3 is 2.94 bits per heavy atom. The van der Waals surface area contributed by atoms with Gasteiger partial charge in [-0.3, -0.25) is 0 Å². The number of halogens is 1. The molecule has 1 aromatic heterocycles. The van der Waals surface area contributed by atoms with E-state index in [1.807, 2.05) is 6.07 Å². The number of hydrogen-bond acceptors (Lipinski definition) is 2. The third-order valence-corrected chi connectivity index (χ3v) is 4.90. The zero-order valence-corrected chi connectivity index (χ0v) is 11.5. The number of rotatable bonds is 3. The molecule has 1 N–H and O–H groups in total. The van der Waals surface area contributed by atoms with Gasteiger partial charge in [-0.05, 0) is 37.9 Å². The second kappa shape index (κ2) is 5.52. The molecule has 3 heteroatoms. The molecule has 1 unspecified atom stereocenters. The van der Waals surface area contributed by atoms with Gasteiger partial charge in [-0.2, -0.15) is 0 Å². The van der Waals surface area contributed by atoms with Gasteiger partial charge in [-0.25, -0.2) is 0 Å². The van der Waals surface area contributed by atoms with E-state index in [0.29, 0.717) is 0 Å². The molecule has 0 spiro atoms. The molecule has 0 aliphatic carbocycles. The largest absolute Gasteiger partial charge is 0.307 e. The second-order valence-electron chi connectivity index (χ2n) is 4.67. The van der Waals surface area contributed by atoms with E-state index in [0.717, 1.165) is 10.9 Å². The van der Waals surface area contributed by atoms with Gasteiger partial charge in [-0.1, -0.05) is 37.8 Å². The van der Waals surface area contributed by atoms with Gasteiger partial charge in [0, 0.05) is 4.88 Å². The topological polar surface area (TPSA) is 12.0 Å². The highest BCUT2D eigenvalue weighted by molar-refractivity contribution is 7.16. The van der Waals surface area contributed by atoms with E-state index in [1.54, 1.807) is 11.3 Å². The summed E-state index contributed by atoms with van der Waals surface area (Å²) in [7, 11) is 0. The summed E-state index contributed by atoms with van der Waals surface area (Å²) in [5.41, 5.74) is 0.211. The zero-order valence-electron chi connectivity index (χ0n) is 9.89. The monoisotopic (exact) mass is 257 g/mol. The van der Waals surface area contributed by atoms with Gasteiger partial charge in [-0.15, -0.1) is 11.3 Å². The van der Waals surface area contributed by atoms with Crippen LogP contribution >= 0.6 is 22.9 Å². The first-order valence-electron chi connectivity index (χ1n) is 6.28. The molecule has 0 radical (unpaired) electrons. The fourth-order valence-electron chi connectivity index (χ4n) is 2.69. The average Bonchev–Trinajstić information content (AvgIpc) is 2.57. The Bertz CT molecular complexity index is 326. The Morgan fingerprint density at radius 1 is 1.38 bits per heavy atom. The molecule has 2 heterocycles. The summed E-state index contributed by atoms with van der Waals surface area (Å²) in [6, 6.07) is 4.24. The van der Waals surface area contributed by atoms with E-state index in [-0.39, 0.29) is 5.54 Å². The van der Waals surface area contributed by atoms with Crippen LogP contribution in [0.3, 0.4) is 0 Å². The summed E-state index contributed by atoms with van der Waals surface area (Å²) >= 11 is 7.82. The van der Waals surface area contributed by atoms with Gasteiger partial charge in [0.15, 0.2) is 0 Å². The lowest BCUT2D eigenvalue weighted by Crippen LogP contribution is -2.41. The number of thiophene rings is 1. The fraction of sp³-hybridized carbons (Fsp3) is 0.692. The molecule has 0 saturated carbocycles. The smallest absolute Gasteiger partial charge is 0.0931 e. The molecule has 1 aromatic rings. The molecule has 0 aromatic carbocycles. The zero-order chi connectivity index (χ0) is 11.4. The van der Waals surface area contributed by atoms with Crippen LogP contribution in [0.4, 0.5) is 0 Å². The van der Waals surface area contributed by atoms with Crippen LogP contribution in [0.2, 0.25) is 4.34 Å². The Kier molecular flexibility index (Phi) is 4.28. The normalized spacial score (nSPS) is 26.6. The van der Waals surface area contributed by atoms with Crippen molar-refractivity contribution in [3.05, 3.63) is 21.3 Å². The third-order valence-electron chi connectivity index (χ3n) is 3.47. The standard InChI is InChI=1S/C13H20ClNS/c1-2-8-13(9-4-3-5-10-15-13)11-6-7-12(14)16-11/h6-7,15H,2-5,8-10H2,1H3. The van der Waals surface area contributed by atoms with E-state index in [1.165, 1.54) is 43.4 Å². The Labute approximate surface area is 107 Å². The van der Waals surface area contributed by atoms with Crippen molar-refractivity contribution in [3.63, 3.8) is 0 Å². The van der Waals surface area contributed by atoms with Crippen LogP contribution in [0, 0.1) is 0 Å². The first kappa shape index (κ1) is 12.4. The minimum atomic E-state index is 0.211. The van der Waals surface area contributed by atoms with Gasteiger partial charge in [0.05, 0.1) is 9.88 Å². The quantitative estimate of drug-likeness (QED) is 0.837. The molecule has 2 rings (SSSR count). The summed E-state index contributed by atoms with van der Waals surface area (Å²) in [6.45, 7) is 3.42. The Hall–Kier alpha value is -0.0500.